The fourth-order valence-electron chi connectivity index (χ4n) is 0.678. The summed E-state index contributed by atoms with van der Waals surface area (Å²) in [6.07, 6.45) is 6.40. The number of hydrogen-bond acceptors (Lipinski definition) is 1. The molecule has 1 aromatic heterocycles. The van der Waals surface area contributed by atoms with Crippen LogP contribution in [0.5, 0.6) is 0 Å². The maximum Gasteiger partial charge on any atom is 0.140 e. The highest BCUT2D eigenvalue weighted by Crippen LogP contribution is 2.18. The lowest BCUT2D eigenvalue weighted by Gasteiger charge is -1.85. The van der Waals surface area contributed by atoms with Crippen LogP contribution in [-0.4, -0.2) is 5.88 Å². The van der Waals surface area contributed by atoms with E-state index >= 15 is 0 Å². The van der Waals surface area contributed by atoms with E-state index in [0.29, 0.717) is 5.88 Å². The first kappa shape index (κ1) is 8.88. The van der Waals surface area contributed by atoms with Crippen molar-refractivity contribution in [2.45, 2.75) is 6.42 Å². The van der Waals surface area contributed by atoms with Crippen molar-refractivity contribution in [2.75, 3.05) is 5.88 Å². The van der Waals surface area contributed by atoms with Crippen LogP contribution in [0.15, 0.2) is 27.3 Å². The summed E-state index contributed by atoms with van der Waals surface area (Å²) >= 11 is 8.83. The maximum atomic E-state index is 5.49. The summed E-state index contributed by atoms with van der Waals surface area (Å²) in [5.41, 5.74) is 0. The highest BCUT2D eigenvalue weighted by Gasteiger charge is 1.96. The van der Waals surface area contributed by atoms with Crippen LogP contribution >= 0.6 is 27.5 Å². The summed E-state index contributed by atoms with van der Waals surface area (Å²) < 4.78 is 6.11. The molecule has 1 heterocycles. The van der Waals surface area contributed by atoms with Crippen LogP contribution in [0, 0.1) is 0 Å². The van der Waals surface area contributed by atoms with E-state index in [1.54, 1.807) is 6.26 Å². The first-order chi connectivity index (χ1) is 5.34. The Balaban J connectivity index is 2.56. The lowest BCUT2D eigenvalue weighted by Crippen LogP contribution is -1.67. The lowest BCUT2D eigenvalue weighted by molar-refractivity contribution is 0.555. The predicted molar refractivity (Wildman–Crippen MR) is 50.8 cm³/mol. The van der Waals surface area contributed by atoms with Gasteiger partial charge in [0.1, 0.15) is 5.76 Å². The van der Waals surface area contributed by atoms with E-state index in [1.165, 1.54) is 0 Å². The zero-order chi connectivity index (χ0) is 8.10. The molecule has 0 N–H and O–H groups in total. The second-order valence-corrected chi connectivity index (χ2v) is 3.25. The third kappa shape index (κ3) is 2.72. The van der Waals surface area contributed by atoms with Gasteiger partial charge in [0.2, 0.25) is 0 Å². The fourth-order valence-corrected chi connectivity index (χ4v) is 1.14. The van der Waals surface area contributed by atoms with E-state index in [4.69, 9.17) is 16.0 Å². The SMILES string of the molecule is ClCC/C=C/c1occc1Br. The third-order valence-electron chi connectivity index (χ3n) is 1.19. The van der Waals surface area contributed by atoms with Crippen molar-refractivity contribution in [3.05, 3.63) is 28.6 Å². The topological polar surface area (TPSA) is 13.1 Å². The molecule has 0 aliphatic rings. The summed E-state index contributed by atoms with van der Waals surface area (Å²) in [7, 11) is 0. The molecule has 11 heavy (non-hydrogen) atoms. The number of allylic oxidation sites excluding steroid dienone is 1. The molecule has 0 saturated heterocycles. The van der Waals surface area contributed by atoms with E-state index in [2.05, 4.69) is 15.9 Å². The van der Waals surface area contributed by atoms with Gasteiger partial charge in [0.05, 0.1) is 10.7 Å². The minimum atomic E-state index is 0.648. The third-order valence-corrected chi connectivity index (χ3v) is 2.06. The Labute approximate surface area is 79.2 Å². The van der Waals surface area contributed by atoms with Crippen LogP contribution in [-0.2, 0) is 0 Å². The molecule has 0 atom stereocenters. The number of alkyl halides is 1. The van der Waals surface area contributed by atoms with Crippen LogP contribution in [0.25, 0.3) is 6.08 Å². The van der Waals surface area contributed by atoms with Gasteiger partial charge in [-0.15, -0.1) is 11.6 Å². The summed E-state index contributed by atoms with van der Waals surface area (Å²) in [6.45, 7) is 0. The van der Waals surface area contributed by atoms with Gasteiger partial charge in [-0.1, -0.05) is 6.08 Å². The Morgan fingerprint density at radius 1 is 1.64 bits per heavy atom. The number of rotatable bonds is 3. The average molecular weight is 236 g/mol. The zero-order valence-corrected chi connectivity index (χ0v) is 8.23. The molecule has 0 aromatic carbocycles. The lowest BCUT2D eigenvalue weighted by atomic mass is 10.3. The van der Waals surface area contributed by atoms with E-state index in [9.17, 15) is 0 Å². The van der Waals surface area contributed by atoms with Crippen molar-refractivity contribution in [3.8, 4) is 0 Å². The van der Waals surface area contributed by atoms with Crippen molar-refractivity contribution in [3.63, 3.8) is 0 Å². The first-order valence-electron chi connectivity index (χ1n) is 3.30. The molecule has 0 amide bonds. The molecule has 0 fully saturated rings. The van der Waals surface area contributed by atoms with E-state index in [1.807, 2.05) is 18.2 Å². The number of halogens is 2. The minimum Gasteiger partial charge on any atom is -0.464 e. The molecule has 0 saturated carbocycles. The van der Waals surface area contributed by atoms with Crippen molar-refractivity contribution >= 4 is 33.6 Å². The monoisotopic (exact) mass is 234 g/mol. The standard InChI is InChI=1S/C8H8BrClO/c9-7-4-6-11-8(7)3-1-2-5-10/h1,3-4,6H,2,5H2/b3-1+. The highest BCUT2D eigenvalue weighted by molar-refractivity contribution is 9.10. The van der Waals surface area contributed by atoms with Crippen molar-refractivity contribution < 1.29 is 4.42 Å². The average Bonchev–Trinajstić information content (AvgIpc) is 2.37. The summed E-state index contributed by atoms with van der Waals surface area (Å²) in [5, 5.41) is 0. The second-order valence-electron chi connectivity index (χ2n) is 2.01. The Bertz CT molecular complexity index is 242. The molecular weight excluding hydrogens is 227 g/mol. The van der Waals surface area contributed by atoms with Crippen molar-refractivity contribution in [2.24, 2.45) is 0 Å². The smallest absolute Gasteiger partial charge is 0.140 e. The van der Waals surface area contributed by atoms with Gasteiger partial charge in [0.25, 0.3) is 0 Å². The first-order valence-corrected chi connectivity index (χ1v) is 4.63. The second kappa shape index (κ2) is 4.62. The van der Waals surface area contributed by atoms with Gasteiger partial charge in [0, 0.05) is 5.88 Å². The van der Waals surface area contributed by atoms with E-state index in [-0.39, 0.29) is 0 Å². The number of furan rings is 1. The molecule has 0 aliphatic carbocycles. The quantitative estimate of drug-likeness (QED) is 0.729. The van der Waals surface area contributed by atoms with Crippen LogP contribution in [0.4, 0.5) is 0 Å². The molecule has 0 unspecified atom stereocenters. The fraction of sp³-hybridized carbons (Fsp3) is 0.250. The van der Waals surface area contributed by atoms with Crippen LogP contribution in [0.3, 0.4) is 0 Å². The molecule has 0 radical (unpaired) electrons. The molecule has 3 heteroatoms. The number of hydrogen-bond donors (Lipinski definition) is 0. The van der Waals surface area contributed by atoms with Crippen LogP contribution in [0.2, 0.25) is 0 Å². The molecule has 60 valence electrons. The van der Waals surface area contributed by atoms with Gasteiger partial charge < -0.3 is 4.42 Å². The van der Waals surface area contributed by atoms with Gasteiger partial charge in [-0.3, -0.25) is 0 Å². The summed E-state index contributed by atoms with van der Waals surface area (Å²) in [4.78, 5) is 0. The molecule has 0 bridgehead atoms. The van der Waals surface area contributed by atoms with Crippen molar-refractivity contribution in [1.29, 1.82) is 0 Å². The largest absolute Gasteiger partial charge is 0.464 e. The Kier molecular flexibility index (Phi) is 3.73. The Morgan fingerprint density at radius 3 is 3.00 bits per heavy atom. The van der Waals surface area contributed by atoms with Crippen LogP contribution < -0.4 is 0 Å². The Morgan fingerprint density at radius 2 is 2.45 bits per heavy atom. The van der Waals surface area contributed by atoms with E-state index < -0.39 is 0 Å². The van der Waals surface area contributed by atoms with Gasteiger partial charge in [-0.2, -0.15) is 0 Å². The molecule has 0 aliphatic heterocycles. The molecule has 1 rings (SSSR count). The maximum absolute atomic E-state index is 5.49. The van der Waals surface area contributed by atoms with Gasteiger partial charge in [0.15, 0.2) is 0 Å². The normalized spacial score (nSPS) is 11.1. The molecule has 1 aromatic rings. The summed E-state index contributed by atoms with van der Waals surface area (Å²) in [6, 6.07) is 1.86. The minimum absolute atomic E-state index is 0.648. The highest BCUT2D eigenvalue weighted by atomic mass is 79.9. The summed E-state index contributed by atoms with van der Waals surface area (Å²) in [5.74, 6) is 1.49. The predicted octanol–water partition coefficient (Wildman–Crippen LogP) is 3.68. The van der Waals surface area contributed by atoms with Crippen molar-refractivity contribution in [1.82, 2.24) is 0 Å². The van der Waals surface area contributed by atoms with E-state index in [0.717, 1.165) is 16.7 Å². The van der Waals surface area contributed by atoms with Gasteiger partial charge in [-0.05, 0) is 34.5 Å². The molecule has 0 spiro atoms. The Hall–Kier alpha value is -0.210. The van der Waals surface area contributed by atoms with Crippen LogP contribution in [0.1, 0.15) is 12.2 Å². The molecular formula is C8H8BrClO. The van der Waals surface area contributed by atoms with Gasteiger partial charge in [-0.25, -0.2) is 0 Å². The zero-order valence-electron chi connectivity index (χ0n) is 5.89. The van der Waals surface area contributed by atoms with Gasteiger partial charge >= 0.3 is 0 Å². The molecule has 1 nitrogen and oxygen atoms in total.